The van der Waals surface area contributed by atoms with Crippen molar-refractivity contribution in [3.05, 3.63) is 88.0 Å². The zero-order valence-electron chi connectivity index (χ0n) is 31.8. The summed E-state index contributed by atoms with van der Waals surface area (Å²) in [6, 6.07) is 15.9. The van der Waals surface area contributed by atoms with Gasteiger partial charge in [-0.1, -0.05) is 18.2 Å². The molecule has 3 amide bonds. The molecule has 2 aliphatic heterocycles. The molecule has 0 radical (unpaired) electrons. The topological polar surface area (TPSA) is 244 Å². The Hall–Kier alpha value is -4.85. The lowest BCUT2D eigenvalue weighted by Crippen LogP contribution is -2.65. The van der Waals surface area contributed by atoms with Crippen molar-refractivity contribution in [2.75, 3.05) is 29.2 Å². The highest BCUT2D eigenvalue weighted by Gasteiger charge is 2.54. The van der Waals surface area contributed by atoms with E-state index in [-0.39, 0.29) is 0 Å². The highest BCUT2D eigenvalue weighted by atomic mass is 16.7. The highest BCUT2D eigenvalue weighted by molar-refractivity contribution is 5.86. The Balaban J connectivity index is 1.46. The van der Waals surface area contributed by atoms with Crippen LogP contribution in [0.5, 0.6) is 0 Å². The highest BCUT2D eigenvalue weighted by Crippen LogP contribution is 2.32. The van der Waals surface area contributed by atoms with E-state index in [4.69, 9.17) is 28.4 Å². The Morgan fingerprint density at radius 3 is 1.43 bits per heavy atom. The molecule has 2 fully saturated rings. The average molecular weight is 784 g/mol. The summed E-state index contributed by atoms with van der Waals surface area (Å²) in [4.78, 5) is 40.0. The van der Waals surface area contributed by atoms with Gasteiger partial charge < -0.3 is 54.0 Å². The van der Waals surface area contributed by atoms with Crippen LogP contribution in [0.4, 0.5) is 31.4 Å². The Morgan fingerprint density at radius 1 is 0.554 bits per heavy atom. The molecular weight excluding hydrogens is 734 g/mol. The van der Waals surface area contributed by atoms with Crippen molar-refractivity contribution in [3.8, 4) is 0 Å². The average Bonchev–Trinajstić information content (AvgIpc) is 3.08. The van der Waals surface area contributed by atoms with E-state index in [1.165, 1.54) is 0 Å². The van der Waals surface area contributed by atoms with Gasteiger partial charge in [-0.2, -0.15) is 0 Å². The van der Waals surface area contributed by atoms with Gasteiger partial charge in [0, 0.05) is 17.1 Å². The molecule has 304 valence electrons. The fourth-order valence-corrected chi connectivity index (χ4v) is 6.80. The number of anilines is 3. The number of benzene rings is 3. The van der Waals surface area contributed by atoms with Crippen molar-refractivity contribution in [2.24, 2.45) is 0 Å². The number of ether oxygens (including phenoxy) is 6. The number of rotatable bonds is 10. The number of hydrogen-bond acceptors (Lipinski definition) is 14. The molecule has 2 heterocycles. The number of amides is 3. The number of aliphatic hydroxyl groups is 5. The molecule has 2 aliphatic rings. The lowest BCUT2D eigenvalue weighted by molar-refractivity contribution is -0.353. The Kier molecular flexibility index (Phi) is 13.9. The maximum Gasteiger partial charge on any atom is 0.412 e. The largest absolute Gasteiger partial charge is 0.446 e. The molecule has 2 saturated heterocycles. The number of carbonyl (C=O) groups is 3. The molecular formula is C39H49N3O14. The number of aryl methyl sites for hydroxylation is 6. The third-order valence-electron chi connectivity index (χ3n) is 9.01. The number of nitrogens with one attached hydrogen (secondary N) is 3. The molecule has 5 rings (SSSR count). The van der Waals surface area contributed by atoms with Crippen molar-refractivity contribution in [1.29, 1.82) is 0 Å². The lowest BCUT2D eigenvalue weighted by atomic mass is 9.96. The van der Waals surface area contributed by atoms with Gasteiger partial charge in [0.25, 0.3) is 0 Å². The third kappa shape index (κ3) is 10.9. The van der Waals surface area contributed by atoms with E-state index in [0.717, 1.165) is 33.4 Å². The SMILES string of the molecule is Cc1cc(C)cc(NC(=O)OC[C@H]2O[C@@H](O[C@H]3[C@H](O)[C@@H](O)[C@H](O)O[C@@H]3CO)[C@H](O)[C@@H](OC(=O)Nc3cc(C)cc(C)c3)[C@@H]2OC(=O)Nc2cc(C)cc(C)c2)c1. The zero-order chi connectivity index (χ0) is 40.8. The van der Waals surface area contributed by atoms with Gasteiger partial charge in [0.1, 0.15) is 43.2 Å². The van der Waals surface area contributed by atoms with Gasteiger partial charge in [-0.15, -0.1) is 0 Å². The molecule has 0 aliphatic carbocycles. The Labute approximate surface area is 323 Å². The minimum absolute atomic E-state index is 0.357. The smallest absolute Gasteiger partial charge is 0.412 e. The predicted octanol–water partition coefficient (Wildman–Crippen LogP) is 3.22. The zero-order valence-corrected chi connectivity index (χ0v) is 31.8. The van der Waals surface area contributed by atoms with E-state index in [2.05, 4.69) is 16.0 Å². The van der Waals surface area contributed by atoms with Crippen LogP contribution in [0.1, 0.15) is 33.4 Å². The quantitative estimate of drug-likeness (QED) is 0.138. The molecule has 8 N–H and O–H groups in total. The van der Waals surface area contributed by atoms with Gasteiger partial charge in [-0.05, 0) is 111 Å². The lowest BCUT2D eigenvalue weighted by Gasteiger charge is -2.46. The summed E-state index contributed by atoms with van der Waals surface area (Å²) in [5, 5.41) is 60.7. The molecule has 17 nitrogen and oxygen atoms in total. The minimum Gasteiger partial charge on any atom is -0.446 e. The summed E-state index contributed by atoms with van der Waals surface area (Å²) in [5.41, 5.74) is 6.26. The summed E-state index contributed by atoms with van der Waals surface area (Å²) in [6.45, 7) is 9.54. The molecule has 56 heavy (non-hydrogen) atoms. The van der Waals surface area contributed by atoms with Crippen LogP contribution in [0, 0.1) is 41.5 Å². The fourth-order valence-electron chi connectivity index (χ4n) is 6.80. The van der Waals surface area contributed by atoms with E-state index in [1.807, 2.05) is 59.7 Å². The Bertz CT molecular complexity index is 1810. The van der Waals surface area contributed by atoms with Crippen molar-refractivity contribution < 1.29 is 68.3 Å². The van der Waals surface area contributed by atoms with Crippen LogP contribution in [0.3, 0.4) is 0 Å². The predicted molar refractivity (Wildman–Crippen MR) is 200 cm³/mol. The van der Waals surface area contributed by atoms with E-state index in [0.29, 0.717) is 17.1 Å². The van der Waals surface area contributed by atoms with Crippen molar-refractivity contribution >= 4 is 35.3 Å². The van der Waals surface area contributed by atoms with Gasteiger partial charge in [0.15, 0.2) is 24.8 Å². The monoisotopic (exact) mass is 783 g/mol. The number of hydrogen-bond donors (Lipinski definition) is 8. The van der Waals surface area contributed by atoms with Crippen LogP contribution in [0.25, 0.3) is 0 Å². The Morgan fingerprint density at radius 2 is 0.982 bits per heavy atom. The van der Waals surface area contributed by atoms with Crippen LogP contribution < -0.4 is 16.0 Å². The van der Waals surface area contributed by atoms with Gasteiger partial charge >= 0.3 is 18.3 Å². The van der Waals surface area contributed by atoms with Crippen molar-refractivity contribution in [1.82, 2.24) is 0 Å². The standard InChI is InChI=1S/C39H49N3O14/c1-18-7-19(2)11-24(10-18)40-37(48)51-17-28-33(55-38(49)41-25-12-20(3)8-21(4)13-25)34(56-39(50)42-26-14-22(5)9-23(6)15-26)31(46)36(53-28)54-32-27(16-43)52-35(47)30(45)29(32)44/h7-15,27-36,43-47H,16-17H2,1-6H3,(H,40,48)(H,41,49)(H,42,50)/t27-,28-,29-,30-,31-,32-,33-,34-,35-,36+/m1/s1. The summed E-state index contributed by atoms with van der Waals surface area (Å²) in [5.74, 6) is 0. The molecule has 17 heteroatoms. The van der Waals surface area contributed by atoms with Gasteiger partial charge in [-0.25, -0.2) is 14.4 Å². The number of carbonyl (C=O) groups excluding carboxylic acids is 3. The van der Waals surface area contributed by atoms with Crippen LogP contribution in [0.2, 0.25) is 0 Å². The number of aliphatic hydroxyl groups excluding tert-OH is 5. The fraction of sp³-hybridized carbons (Fsp3) is 0.462. The maximum atomic E-state index is 13.5. The summed E-state index contributed by atoms with van der Waals surface area (Å²) in [7, 11) is 0. The molecule has 3 aromatic carbocycles. The molecule has 0 spiro atoms. The van der Waals surface area contributed by atoms with Crippen LogP contribution in [0.15, 0.2) is 54.6 Å². The molecule has 10 atom stereocenters. The minimum atomic E-state index is -1.99. The second-order valence-corrected chi connectivity index (χ2v) is 14.2. The summed E-state index contributed by atoms with van der Waals surface area (Å²) >= 11 is 0. The van der Waals surface area contributed by atoms with E-state index in [9.17, 15) is 39.9 Å². The maximum absolute atomic E-state index is 13.5. The van der Waals surface area contributed by atoms with Crippen LogP contribution in [-0.4, -0.2) is 118 Å². The van der Waals surface area contributed by atoms with Gasteiger partial charge in [-0.3, -0.25) is 16.0 Å². The normalized spacial score (nSPS) is 27.5. The van der Waals surface area contributed by atoms with E-state index in [1.54, 1.807) is 36.4 Å². The van der Waals surface area contributed by atoms with Gasteiger partial charge in [0.2, 0.25) is 0 Å². The van der Waals surface area contributed by atoms with Crippen LogP contribution in [-0.2, 0) is 28.4 Å². The second-order valence-electron chi connectivity index (χ2n) is 14.2. The molecule has 3 aromatic rings. The van der Waals surface area contributed by atoms with E-state index < -0.39 is 92.9 Å². The van der Waals surface area contributed by atoms with Crippen molar-refractivity contribution in [3.63, 3.8) is 0 Å². The van der Waals surface area contributed by atoms with Crippen molar-refractivity contribution in [2.45, 2.75) is 103 Å². The van der Waals surface area contributed by atoms with E-state index >= 15 is 0 Å². The molecule has 0 unspecified atom stereocenters. The van der Waals surface area contributed by atoms with Gasteiger partial charge in [0.05, 0.1) is 6.61 Å². The molecule has 0 saturated carbocycles. The first-order valence-electron chi connectivity index (χ1n) is 17.9. The summed E-state index contributed by atoms with van der Waals surface area (Å²) in [6.07, 6.45) is -20.6. The molecule has 0 bridgehead atoms. The summed E-state index contributed by atoms with van der Waals surface area (Å²) < 4.78 is 34.1. The first-order valence-corrected chi connectivity index (χ1v) is 17.9. The first-order chi connectivity index (χ1) is 26.5. The first kappa shape index (κ1) is 42.3. The molecule has 0 aromatic heterocycles. The third-order valence-corrected chi connectivity index (χ3v) is 9.01. The second kappa shape index (κ2) is 18.4. The van der Waals surface area contributed by atoms with Crippen LogP contribution >= 0.6 is 0 Å².